The molecule has 51 valence electrons. The fourth-order valence-electron chi connectivity index (χ4n) is 0.481. The van der Waals surface area contributed by atoms with E-state index in [0.717, 1.165) is 6.42 Å². The number of hydrogen-bond donors (Lipinski definition) is 1. The number of allylic oxidation sites excluding steroid dienone is 1. The van der Waals surface area contributed by atoms with E-state index in [9.17, 15) is 0 Å². The van der Waals surface area contributed by atoms with Crippen molar-refractivity contribution in [3.8, 4) is 0 Å². The Labute approximate surface area is 56.7 Å². The molecule has 0 aliphatic rings. The van der Waals surface area contributed by atoms with E-state index in [-0.39, 0.29) is 0 Å². The molecule has 0 aromatic carbocycles. The van der Waals surface area contributed by atoms with Crippen LogP contribution in [0.15, 0.2) is 18.2 Å². The zero-order valence-electron chi connectivity index (χ0n) is 5.75. The summed E-state index contributed by atoms with van der Waals surface area (Å²) in [6, 6.07) is 0. The summed E-state index contributed by atoms with van der Waals surface area (Å²) in [6.07, 6.45) is 6.38. The largest absolute Gasteiger partial charge is 0.389 e. The van der Waals surface area contributed by atoms with Gasteiger partial charge in [-0.2, -0.15) is 0 Å². The van der Waals surface area contributed by atoms with Crippen LogP contribution in [0.2, 0.25) is 0 Å². The summed E-state index contributed by atoms with van der Waals surface area (Å²) in [6.45, 7) is 7.10. The maximum atomic E-state index is 8.85. The lowest BCUT2D eigenvalue weighted by Gasteiger charge is -1.96. The van der Waals surface area contributed by atoms with Crippen LogP contribution in [0.5, 0.6) is 0 Å². The molecular formula is C8H13O. The summed E-state index contributed by atoms with van der Waals surface area (Å²) >= 11 is 0. The van der Waals surface area contributed by atoms with Crippen LogP contribution in [0.4, 0.5) is 0 Å². The fraction of sp³-hybridized carbons (Fsp3) is 0.500. The minimum Gasteiger partial charge on any atom is -0.389 e. The minimum atomic E-state index is -0.479. The summed E-state index contributed by atoms with van der Waals surface area (Å²) < 4.78 is 0. The van der Waals surface area contributed by atoms with E-state index in [1.54, 1.807) is 0 Å². The van der Waals surface area contributed by atoms with Gasteiger partial charge in [-0.05, 0) is 12.8 Å². The van der Waals surface area contributed by atoms with E-state index in [4.69, 9.17) is 11.7 Å². The second-order valence-electron chi connectivity index (χ2n) is 1.88. The van der Waals surface area contributed by atoms with E-state index in [0.29, 0.717) is 6.42 Å². The van der Waals surface area contributed by atoms with Gasteiger partial charge in [-0.25, -0.2) is 0 Å². The Bertz CT molecular complexity index is 94.7. The first kappa shape index (κ1) is 8.44. The Kier molecular flexibility index (Phi) is 5.23. The molecule has 0 spiro atoms. The molecule has 1 atom stereocenters. The molecule has 1 unspecified atom stereocenters. The summed E-state index contributed by atoms with van der Waals surface area (Å²) in [5, 5.41) is 8.85. The van der Waals surface area contributed by atoms with Crippen molar-refractivity contribution in [3.05, 3.63) is 24.8 Å². The van der Waals surface area contributed by atoms with Gasteiger partial charge in [0.25, 0.3) is 0 Å². The predicted molar refractivity (Wildman–Crippen MR) is 38.9 cm³/mol. The smallest absolute Gasteiger partial charge is 0.0758 e. The van der Waals surface area contributed by atoms with Crippen LogP contribution < -0.4 is 0 Å². The molecule has 0 aliphatic carbocycles. The van der Waals surface area contributed by atoms with Crippen molar-refractivity contribution in [1.82, 2.24) is 0 Å². The number of rotatable bonds is 4. The molecule has 0 aliphatic heterocycles. The molecule has 9 heavy (non-hydrogen) atoms. The minimum absolute atomic E-state index is 0.479. The molecule has 1 N–H and O–H groups in total. The third-order valence-electron chi connectivity index (χ3n) is 1.00. The van der Waals surface area contributed by atoms with Crippen molar-refractivity contribution in [2.45, 2.75) is 25.9 Å². The molecule has 0 aromatic heterocycles. The van der Waals surface area contributed by atoms with Gasteiger partial charge in [0.15, 0.2) is 0 Å². The molecule has 1 nitrogen and oxygen atoms in total. The number of aliphatic hydroxyl groups excluding tert-OH is 1. The summed E-state index contributed by atoms with van der Waals surface area (Å²) in [4.78, 5) is 0. The van der Waals surface area contributed by atoms with Crippen LogP contribution in [0.25, 0.3) is 0 Å². The standard InChI is InChI=1S/C8H13O/c1-3-5-6-7-8(9)4-2/h2,4-6,8-9H,3,7H2,1H3/b4-2?,6-5-. The molecule has 0 heterocycles. The SMILES string of the molecule is [CH]=CC(O)C/C=C\CC. The molecule has 1 radical (unpaired) electrons. The highest BCUT2D eigenvalue weighted by Crippen LogP contribution is 1.93. The highest BCUT2D eigenvalue weighted by molar-refractivity contribution is 4.88. The molecule has 1 heteroatoms. The zero-order chi connectivity index (χ0) is 7.11. The third-order valence-corrected chi connectivity index (χ3v) is 1.00. The van der Waals surface area contributed by atoms with Gasteiger partial charge in [-0.15, -0.1) is 0 Å². The van der Waals surface area contributed by atoms with Crippen LogP contribution in [0.1, 0.15) is 19.8 Å². The Morgan fingerprint density at radius 2 is 2.22 bits per heavy atom. The van der Waals surface area contributed by atoms with Gasteiger partial charge >= 0.3 is 0 Å². The highest BCUT2D eigenvalue weighted by atomic mass is 16.3. The Morgan fingerprint density at radius 1 is 1.56 bits per heavy atom. The van der Waals surface area contributed by atoms with Crippen molar-refractivity contribution in [2.24, 2.45) is 0 Å². The van der Waals surface area contributed by atoms with Gasteiger partial charge in [0.2, 0.25) is 0 Å². The first-order chi connectivity index (χ1) is 4.31. The van der Waals surface area contributed by atoms with Gasteiger partial charge in [-0.3, -0.25) is 0 Å². The Morgan fingerprint density at radius 3 is 2.67 bits per heavy atom. The topological polar surface area (TPSA) is 20.2 Å². The second-order valence-corrected chi connectivity index (χ2v) is 1.88. The Balaban J connectivity index is 3.25. The van der Waals surface area contributed by atoms with Crippen molar-refractivity contribution in [1.29, 1.82) is 0 Å². The molecular weight excluding hydrogens is 112 g/mol. The van der Waals surface area contributed by atoms with Crippen LogP contribution in [-0.2, 0) is 0 Å². The maximum absolute atomic E-state index is 8.85. The predicted octanol–water partition coefficient (Wildman–Crippen LogP) is 1.69. The lowest BCUT2D eigenvalue weighted by Crippen LogP contribution is -1.97. The van der Waals surface area contributed by atoms with Crippen molar-refractivity contribution in [3.63, 3.8) is 0 Å². The lowest BCUT2D eigenvalue weighted by molar-refractivity contribution is 0.227. The lowest BCUT2D eigenvalue weighted by atomic mass is 10.2. The van der Waals surface area contributed by atoms with Crippen LogP contribution >= 0.6 is 0 Å². The number of aliphatic hydroxyl groups is 1. The van der Waals surface area contributed by atoms with E-state index in [2.05, 4.69) is 6.92 Å². The van der Waals surface area contributed by atoms with Crippen LogP contribution in [0, 0.1) is 6.58 Å². The zero-order valence-corrected chi connectivity index (χ0v) is 5.75. The summed E-state index contributed by atoms with van der Waals surface area (Å²) in [5.41, 5.74) is 0. The van der Waals surface area contributed by atoms with Crippen molar-refractivity contribution in [2.75, 3.05) is 0 Å². The van der Waals surface area contributed by atoms with Crippen LogP contribution in [0.3, 0.4) is 0 Å². The van der Waals surface area contributed by atoms with E-state index >= 15 is 0 Å². The molecule has 0 bridgehead atoms. The molecule has 0 amide bonds. The quantitative estimate of drug-likeness (QED) is 0.567. The van der Waals surface area contributed by atoms with E-state index in [1.807, 2.05) is 12.2 Å². The number of hydrogen-bond acceptors (Lipinski definition) is 1. The maximum Gasteiger partial charge on any atom is 0.0758 e. The highest BCUT2D eigenvalue weighted by Gasteiger charge is 1.90. The first-order valence-electron chi connectivity index (χ1n) is 3.19. The van der Waals surface area contributed by atoms with Crippen molar-refractivity contribution < 1.29 is 5.11 Å². The van der Waals surface area contributed by atoms with Gasteiger partial charge in [0.05, 0.1) is 6.10 Å². The third kappa shape index (κ3) is 5.31. The fourth-order valence-corrected chi connectivity index (χ4v) is 0.481. The second kappa shape index (κ2) is 5.57. The van der Waals surface area contributed by atoms with Gasteiger partial charge in [0, 0.05) is 0 Å². The average Bonchev–Trinajstić information content (AvgIpc) is 1.89. The Hall–Kier alpha value is -0.560. The first-order valence-corrected chi connectivity index (χ1v) is 3.19. The summed E-state index contributed by atoms with van der Waals surface area (Å²) in [5.74, 6) is 0. The van der Waals surface area contributed by atoms with Crippen molar-refractivity contribution >= 4 is 0 Å². The molecule has 0 aromatic rings. The van der Waals surface area contributed by atoms with E-state index < -0.39 is 6.10 Å². The molecule has 0 saturated heterocycles. The van der Waals surface area contributed by atoms with Gasteiger partial charge in [-0.1, -0.05) is 31.7 Å². The summed E-state index contributed by atoms with van der Waals surface area (Å²) in [7, 11) is 0. The monoisotopic (exact) mass is 125 g/mol. The van der Waals surface area contributed by atoms with Gasteiger partial charge < -0.3 is 5.11 Å². The molecule has 0 saturated carbocycles. The molecule has 0 rings (SSSR count). The normalized spacial score (nSPS) is 14.0. The molecule has 0 fully saturated rings. The average molecular weight is 125 g/mol. The van der Waals surface area contributed by atoms with Crippen LogP contribution in [-0.4, -0.2) is 11.2 Å². The van der Waals surface area contributed by atoms with Gasteiger partial charge in [0.1, 0.15) is 0 Å². The van der Waals surface area contributed by atoms with E-state index in [1.165, 1.54) is 6.08 Å².